The summed E-state index contributed by atoms with van der Waals surface area (Å²) in [7, 11) is 0. The van der Waals surface area contributed by atoms with Gasteiger partial charge in [-0.05, 0) is 25.3 Å². The van der Waals surface area contributed by atoms with Gasteiger partial charge in [0, 0.05) is 0 Å². The van der Waals surface area contributed by atoms with Crippen LogP contribution >= 0.6 is 0 Å². The van der Waals surface area contributed by atoms with Crippen molar-refractivity contribution in [2.75, 3.05) is 0 Å². The first-order valence-corrected chi connectivity index (χ1v) is 4.37. The lowest BCUT2D eigenvalue weighted by Gasteiger charge is -2.26. The van der Waals surface area contributed by atoms with E-state index in [2.05, 4.69) is 45.2 Å². The molecule has 0 aromatic heterocycles. The Morgan fingerprint density at radius 3 is 2.50 bits per heavy atom. The summed E-state index contributed by atoms with van der Waals surface area (Å²) in [4.78, 5) is 0. The van der Waals surface area contributed by atoms with Gasteiger partial charge in [-0.15, -0.1) is 5.70 Å². The maximum absolute atomic E-state index is 4.28. The summed E-state index contributed by atoms with van der Waals surface area (Å²) in [5.41, 5.74) is 3.75. The molecule has 12 heavy (non-hydrogen) atoms. The van der Waals surface area contributed by atoms with Gasteiger partial charge in [0.2, 0.25) is 0 Å². The molecule has 0 aromatic rings. The summed E-state index contributed by atoms with van der Waals surface area (Å²) in [6, 6.07) is 0. The molecule has 0 N–H and O–H groups in total. The molecule has 1 rings (SSSR count). The first-order valence-electron chi connectivity index (χ1n) is 4.37. The number of hydrogen-bond acceptors (Lipinski definition) is 0. The molecular weight excluding hydrogens is 146 g/mol. The molecule has 0 aliphatic carbocycles. The average molecular weight is 162 g/mol. The fourth-order valence-corrected chi connectivity index (χ4v) is 1.08. The fourth-order valence-electron chi connectivity index (χ4n) is 1.08. The zero-order chi connectivity index (χ0) is 9.14. The SMILES string of the molecule is CC(C)=C1C=C(C(C)C)C=C[N-]1. The predicted octanol–water partition coefficient (Wildman–Crippen LogP) is 3.76. The summed E-state index contributed by atoms with van der Waals surface area (Å²) in [6.45, 7) is 8.58. The van der Waals surface area contributed by atoms with E-state index in [1.165, 1.54) is 11.1 Å². The number of rotatable bonds is 1. The summed E-state index contributed by atoms with van der Waals surface area (Å²) in [5.74, 6) is 0.589. The van der Waals surface area contributed by atoms with Crippen LogP contribution in [0.1, 0.15) is 27.7 Å². The molecular formula is C11H16N-. The number of allylic oxidation sites excluding steroid dienone is 4. The predicted molar refractivity (Wildman–Crippen MR) is 53.8 cm³/mol. The van der Waals surface area contributed by atoms with Gasteiger partial charge in [-0.3, -0.25) is 0 Å². The third-order valence-electron chi connectivity index (χ3n) is 1.96. The molecule has 0 aromatic carbocycles. The maximum Gasteiger partial charge on any atom is -0.0220 e. The molecule has 0 radical (unpaired) electrons. The first kappa shape index (κ1) is 9.11. The Labute approximate surface area is 74.9 Å². The highest BCUT2D eigenvalue weighted by atomic mass is 14.9. The van der Waals surface area contributed by atoms with Crippen LogP contribution in [0.25, 0.3) is 5.32 Å². The van der Waals surface area contributed by atoms with E-state index in [0.717, 1.165) is 5.70 Å². The van der Waals surface area contributed by atoms with Crippen LogP contribution < -0.4 is 0 Å². The van der Waals surface area contributed by atoms with Gasteiger partial charge in [-0.25, -0.2) is 0 Å². The Kier molecular flexibility index (Phi) is 2.74. The van der Waals surface area contributed by atoms with E-state index in [1.54, 1.807) is 0 Å². The molecule has 0 fully saturated rings. The Morgan fingerprint density at radius 2 is 2.00 bits per heavy atom. The highest BCUT2D eigenvalue weighted by molar-refractivity contribution is 5.47. The lowest BCUT2D eigenvalue weighted by molar-refractivity contribution is 0.788. The molecule has 1 heterocycles. The molecule has 66 valence electrons. The second-order valence-electron chi connectivity index (χ2n) is 3.63. The van der Waals surface area contributed by atoms with Crippen LogP contribution in [0.4, 0.5) is 0 Å². The number of hydrogen-bond donors (Lipinski definition) is 0. The normalized spacial score (nSPS) is 16.1. The van der Waals surface area contributed by atoms with Gasteiger partial charge in [0.15, 0.2) is 0 Å². The van der Waals surface area contributed by atoms with E-state index in [0.29, 0.717) is 5.92 Å². The summed E-state index contributed by atoms with van der Waals surface area (Å²) in [5, 5.41) is 4.28. The topological polar surface area (TPSA) is 14.1 Å². The van der Waals surface area contributed by atoms with E-state index in [1.807, 2.05) is 6.20 Å². The molecule has 0 saturated carbocycles. The van der Waals surface area contributed by atoms with Crippen molar-refractivity contribution < 1.29 is 0 Å². The molecule has 0 bridgehead atoms. The minimum absolute atomic E-state index is 0.589. The van der Waals surface area contributed by atoms with Crippen LogP contribution in [-0.2, 0) is 0 Å². The van der Waals surface area contributed by atoms with Gasteiger partial charge in [0.25, 0.3) is 0 Å². The summed E-state index contributed by atoms with van der Waals surface area (Å²) < 4.78 is 0. The summed E-state index contributed by atoms with van der Waals surface area (Å²) >= 11 is 0. The largest absolute Gasteiger partial charge is 0.664 e. The van der Waals surface area contributed by atoms with Gasteiger partial charge in [0.1, 0.15) is 0 Å². The lowest BCUT2D eigenvalue weighted by atomic mass is 9.99. The Bertz CT molecular complexity index is 250. The Balaban J connectivity index is 2.91. The van der Waals surface area contributed by atoms with Crippen LogP contribution in [-0.4, -0.2) is 0 Å². The van der Waals surface area contributed by atoms with Gasteiger partial charge in [-0.1, -0.05) is 31.6 Å². The van der Waals surface area contributed by atoms with Crippen LogP contribution in [0, 0.1) is 5.92 Å². The lowest BCUT2D eigenvalue weighted by Crippen LogP contribution is -1.95. The summed E-state index contributed by atoms with van der Waals surface area (Å²) in [6.07, 6.45) is 6.13. The van der Waals surface area contributed by atoms with Gasteiger partial charge < -0.3 is 5.32 Å². The van der Waals surface area contributed by atoms with E-state index >= 15 is 0 Å². The van der Waals surface area contributed by atoms with Gasteiger partial charge in [0.05, 0.1) is 0 Å². The zero-order valence-electron chi connectivity index (χ0n) is 8.26. The maximum atomic E-state index is 4.28. The monoisotopic (exact) mass is 162 g/mol. The second kappa shape index (κ2) is 3.61. The van der Waals surface area contributed by atoms with Crippen LogP contribution in [0.3, 0.4) is 0 Å². The third-order valence-corrected chi connectivity index (χ3v) is 1.96. The minimum Gasteiger partial charge on any atom is -0.664 e. The molecule has 0 spiro atoms. The van der Waals surface area contributed by atoms with E-state index in [-0.39, 0.29) is 0 Å². The molecule has 1 aliphatic rings. The zero-order valence-corrected chi connectivity index (χ0v) is 8.26. The van der Waals surface area contributed by atoms with Crippen LogP contribution in [0.5, 0.6) is 0 Å². The number of nitrogens with zero attached hydrogens (tertiary/aromatic N) is 1. The van der Waals surface area contributed by atoms with Crippen molar-refractivity contribution in [1.29, 1.82) is 0 Å². The van der Waals surface area contributed by atoms with Crippen molar-refractivity contribution in [3.63, 3.8) is 0 Å². The quantitative estimate of drug-likeness (QED) is 0.557. The Morgan fingerprint density at radius 1 is 1.33 bits per heavy atom. The van der Waals surface area contributed by atoms with Crippen LogP contribution in [0.15, 0.2) is 35.2 Å². The molecule has 0 amide bonds. The average Bonchev–Trinajstić information content (AvgIpc) is 2.04. The highest BCUT2D eigenvalue weighted by Crippen LogP contribution is 2.24. The standard InChI is InChI=1S/C11H16N/c1-8(2)10-5-6-12-11(7-10)9(3)4/h5-8H,1-4H3/q-1. The van der Waals surface area contributed by atoms with Gasteiger partial charge in [-0.2, -0.15) is 6.20 Å². The Hall–Kier alpha value is -0.980. The van der Waals surface area contributed by atoms with Gasteiger partial charge >= 0.3 is 0 Å². The molecule has 0 saturated heterocycles. The molecule has 1 aliphatic heterocycles. The van der Waals surface area contributed by atoms with Crippen molar-refractivity contribution in [2.24, 2.45) is 5.92 Å². The van der Waals surface area contributed by atoms with E-state index < -0.39 is 0 Å². The molecule has 0 unspecified atom stereocenters. The fraction of sp³-hybridized carbons (Fsp3) is 0.455. The molecule has 0 atom stereocenters. The van der Waals surface area contributed by atoms with Crippen molar-refractivity contribution in [3.05, 3.63) is 40.5 Å². The van der Waals surface area contributed by atoms with Crippen molar-refractivity contribution in [3.8, 4) is 0 Å². The van der Waals surface area contributed by atoms with E-state index in [4.69, 9.17) is 0 Å². The van der Waals surface area contributed by atoms with Crippen LogP contribution in [0.2, 0.25) is 0 Å². The smallest absolute Gasteiger partial charge is 0.0220 e. The van der Waals surface area contributed by atoms with Crippen molar-refractivity contribution in [2.45, 2.75) is 27.7 Å². The van der Waals surface area contributed by atoms with Crippen molar-refractivity contribution >= 4 is 0 Å². The highest BCUT2D eigenvalue weighted by Gasteiger charge is 1.99. The molecule has 1 nitrogen and oxygen atoms in total. The molecule has 1 heteroatoms. The van der Waals surface area contributed by atoms with Crippen molar-refractivity contribution in [1.82, 2.24) is 0 Å². The second-order valence-corrected chi connectivity index (χ2v) is 3.63. The van der Waals surface area contributed by atoms with E-state index in [9.17, 15) is 0 Å². The third kappa shape index (κ3) is 2.00. The first-order chi connectivity index (χ1) is 5.61. The minimum atomic E-state index is 0.589.